The second kappa shape index (κ2) is 8.75. The number of anilines is 1. The van der Waals surface area contributed by atoms with Gasteiger partial charge in [0.05, 0.1) is 18.7 Å². The Morgan fingerprint density at radius 2 is 2.00 bits per heavy atom. The lowest BCUT2D eigenvalue weighted by molar-refractivity contribution is -0.123. The number of hydrogen-bond acceptors (Lipinski definition) is 5. The molecule has 1 fully saturated rings. The predicted molar refractivity (Wildman–Crippen MR) is 117 cm³/mol. The van der Waals surface area contributed by atoms with Gasteiger partial charge in [-0.3, -0.25) is 4.79 Å². The Morgan fingerprint density at radius 3 is 2.67 bits per heavy atom. The first-order chi connectivity index (χ1) is 14.4. The number of hydrogen-bond donors (Lipinski definition) is 0. The van der Waals surface area contributed by atoms with E-state index in [1.165, 1.54) is 15.6 Å². The van der Waals surface area contributed by atoms with Crippen LogP contribution in [0.5, 0.6) is 0 Å². The van der Waals surface area contributed by atoms with E-state index in [0.717, 1.165) is 11.3 Å². The molecule has 0 unspecified atom stereocenters. The second-order valence-corrected chi connectivity index (χ2v) is 10.6. The highest BCUT2D eigenvalue weighted by molar-refractivity contribution is 7.91. The molecule has 0 saturated carbocycles. The maximum Gasteiger partial charge on any atom is 0.252 e. The van der Waals surface area contributed by atoms with Crippen LogP contribution in [0.3, 0.4) is 0 Å². The average Bonchev–Trinajstić information content (AvgIpc) is 3.47. The van der Waals surface area contributed by atoms with Crippen LogP contribution in [0.25, 0.3) is 0 Å². The minimum Gasteiger partial charge on any atom is -0.467 e. The molecule has 3 heterocycles. The summed E-state index contributed by atoms with van der Waals surface area (Å²) in [4.78, 5) is 15.2. The summed E-state index contributed by atoms with van der Waals surface area (Å²) >= 11 is 1.20. The monoisotopic (exact) mass is 444 g/mol. The van der Waals surface area contributed by atoms with Crippen LogP contribution in [0.15, 0.2) is 68.8 Å². The number of rotatable bonds is 6. The van der Waals surface area contributed by atoms with Crippen LogP contribution in [0.4, 0.5) is 5.69 Å². The number of furan rings is 1. The summed E-state index contributed by atoms with van der Waals surface area (Å²) in [7, 11) is -3.57. The van der Waals surface area contributed by atoms with Crippen LogP contribution in [0.1, 0.15) is 24.2 Å². The number of piperidine rings is 1. The highest BCUT2D eigenvalue weighted by atomic mass is 32.2. The molecular formula is C22H24N2O4S2. The van der Waals surface area contributed by atoms with Crippen LogP contribution in [-0.4, -0.2) is 31.7 Å². The van der Waals surface area contributed by atoms with Crippen molar-refractivity contribution in [2.45, 2.75) is 30.5 Å². The molecule has 3 aromatic rings. The van der Waals surface area contributed by atoms with Crippen LogP contribution in [-0.2, 0) is 21.4 Å². The minimum atomic E-state index is -3.57. The van der Waals surface area contributed by atoms with Gasteiger partial charge >= 0.3 is 0 Å². The summed E-state index contributed by atoms with van der Waals surface area (Å²) in [5.74, 6) is 0.203. The maximum atomic E-state index is 13.5. The quantitative estimate of drug-likeness (QED) is 0.569. The Balaban J connectivity index is 1.58. The number of thiophene rings is 1. The summed E-state index contributed by atoms with van der Waals surface area (Å²) in [6.07, 6.45) is 2.91. The van der Waals surface area contributed by atoms with E-state index < -0.39 is 15.9 Å². The van der Waals surface area contributed by atoms with Gasteiger partial charge in [-0.2, -0.15) is 4.31 Å². The Kier molecular flexibility index (Phi) is 6.08. The molecule has 0 bridgehead atoms. The zero-order valence-electron chi connectivity index (χ0n) is 16.7. The van der Waals surface area contributed by atoms with E-state index in [1.54, 1.807) is 34.7 Å². The first kappa shape index (κ1) is 20.8. The van der Waals surface area contributed by atoms with E-state index in [0.29, 0.717) is 35.9 Å². The first-order valence-electron chi connectivity index (χ1n) is 9.89. The van der Waals surface area contributed by atoms with E-state index in [4.69, 9.17) is 4.42 Å². The molecule has 1 atom stereocenters. The van der Waals surface area contributed by atoms with Gasteiger partial charge in [0.25, 0.3) is 10.0 Å². The lowest BCUT2D eigenvalue weighted by Gasteiger charge is -2.34. The summed E-state index contributed by atoms with van der Waals surface area (Å²) < 4.78 is 33.1. The molecular weight excluding hydrogens is 420 g/mol. The molecule has 30 heavy (non-hydrogen) atoms. The third-order valence-corrected chi connectivity index (χ3v) is 8.57. The van der Waals surface area contributed by atoms with Gasteiger partial charge in [-0.1, -0.05) is 23.8 Å². The van der Waals surface area contributed by atoms with Gasteiger partial charge in [-0.15, -0.1) is 11.3 Å². The largest absolute Gasteiger partial charge is 0.467 e. The lowest BCUT2D eigenvalue weighted by atomic mass is 9.97. The van der Waals surface area contributed by atoms with E-state index >= 15 is 0 Å². The fourth-order valence-electron chi connectivity index (χ4n) is 3.70. The smallest absolute Gasteiger partial charge is 0.252 e. The summed E-state index contributed by atoms with van der Waals surface area (Å²) in [6, 6.07) is 14.7. The van der Waals surface area contributed by atoms with E-state index in [-0.39, 0.29) is 12.5 Å². The van der Waals surface area contributed by atoms with Crippen molar-refractivity contribution in [1.29, 1.82) is 0 Å². The predicted octanol–water partition coefficient (Wildman–Crippen LogP) is 4.28. The molecule has 158 valence electrons. The highest BCUT2D eigenvalue weighted by Crippen LogP contribution is 2.29. The Bertz CT molecular complexity index is 1070. The SMILES string of the molecule is Cc1ccc(N(Cc2ccco2)C(=O)[C@H]2CCCN(S(=O)(=O)c3cccs3)C2)cc1. The van der Waals surface area contributed by atoms with E-state index in [9.17, 15) is 13.2 Å². The molecule has 0 radical (unpaired) electrons. The van der Waals surface area contributed by atoms with Crippen LogP contribution >= 0.6 is 11.3 Å². The van der Waals surface area contributed by atoms with Crippen molar-refractivity contribution in [3.05, 3.63) is 71.5 Å². The van der Waals surface area contributed by atoms with Crippen LogP contribution in [0.2, 0.25) is 0 Å². The standard InChI is InChI=1S/C22H24N2O4S2/c1-17-8-10-19(11-9-17)24(16-20-6-3-13-28-20)22(25)18-5-2-12-23(15-18)30(26,27)21-7-4-14-29-21/h3-4,6-11,13-14,18H,2,5,12,15-16H2,1H3/t18-/m0/s1. The molecule has 8 heteroatoms. The molecule has 0 N–H and O–H groups in total. The van der Waals surface area contributed by atoms with Gasteiger partial charge in [0.1, 0.15) is 9.97 Å². The maximum absolute atomic E-state index is 13.5. The number of amides is 1. The van der Waals surface area contributed by atoms with Crippen molar-refractivity contribution < 1.29 is 17.6 Å². The normalized spacial score (nSPS) is 17.7. The second-order valence-electron chi connectivity index (χ2n) is 7.47. The topological polar surface area (TPSA) is 70.8 Å². The van der Waals surface area contributed by atoms with Crippen LogP contribution in [0, 0.1) is 12.8 Å². The molecule has 6 nitrogen and oxygen atoms in total. The van der Waals surface area contributed by atoms with E-state index in [1.807, 2.05) is 37.3 Å². The van der Waals surface area contributed by atoms with Crippen molar-refractivity contribution in [1.82, 2.24) is 4.31 Å². The summed E-state index contributed by atoms with van der Waals surface area (Å²) in [6.45, 7) is 2.94. The van der Waals surface area contributed by atoms with Gasteiger partial charge in [0, 0.05) is 18.8 Å². The number of aryl methyl sites for hydroxylation is 1. The minimum absolute atomic E-state index is 0.0821. The Labute approximate surface area is 180 Å². The third-order valence-electron chi connectivity index (χ3n) is 5.33. The molecule has 0 aliphatic carbocycles. The number of sulfonamides is 1. The number of carbonyl (C=O) groups excluding carboxylic acids is 1. The molecule has 1 aliphatic rings. The molecule has 1 aliphatic heterocycles. The molecule has 4 rings (SSSR count). The highest BCUT2D eigenvalue weighted by Gasteiger charge is 2.36. The van der Waals surface area contributed by atoms with Crippen molar-refractivity contribution in [2.24, 2.45) is 5.92 Å². The molecule has 1 saturated heterocycles. The average molecular weight is 445 g/mol. The van der Waals surface area contributed by atoms with Crippen molar-refractivity contribution in [3.8, 4) is 0 Å². The van der Waals surface area contributed by atoms with Crippen molar-refractivity contribution in [2.75, 3.05) is 18.0 Å². The first-order valence-corrected chi connectivity index (χ1v) is 12.2. The third kappa shape index (κ3) is 4.35. The number of benzene rings is 1. The Hall–Kier alpha value is -2.42. The van der Waals surface area contributed by atoms with Crippen molar-refractivity contribution in [3.63, 3.8) is 0 Å². The molecule has 1 aromatic carbocycles. The van der Waals surface area contributed by atoms with Gasteiger partial charge in [-0.25, -0.2) is 8.42 Å². The molecule has 2 aromatic heterocycles. The van der Waals surface area contributed by atoms with Crippen molar-refractivity contribution >= 4 is 33.0 Å². The van der Waals surface area contributed by atoms with E-state index in [2.05, 4.69) is 0 Å². The zero-order chi connectivity index (χ0) is 21.1. The fourth-order valence-corrected chi connectivity index (χ4v) is 6.37. The summed E-state index contributed by atoms with van der Waals surface area (Å²) in [5, 5.41) is 1.75. The van der Waals surface area contributed by atoms with Gasteiger partial charge < -0.3 is 9.32 Å². The summed E-state index contributed by atoms with van der Waals surface area (Å²) in [5.41, 5.74) is 1.88. The number of nitrogens with zero attached hydrogens (tertiary/aromatic N) is 2. The van der Waals surface area contributed by atoms with Gasteiger partial charge in [0.2, 0.25) is 5.91 Å². The zero-order valence-corrected chi connectivity index (χ0v) is 18.4. The number of carbonyl (C=O) groups is 1. The lowest BCUT2D eigenvalue weighted by Crippen LogP contribution is -2.46. The van der Waals surface area contributed by atoms with Crippen LogP contribution < -0.4 is 4.90 Å². The van der Waals surface area contributed by atoms with Gasteiger partial charge in [0.15, 0.2) is 0 Å². The Morgan fingerprint density at radius 1 is 1.20 bits per heavy atom. The fraction of sp³-hybridized carbons (Fsp3) is 0.318. The van der Waals surface area contributed by atoms with Gasteiger partial charge in [-0.05, 0) is 55.5 Å². The molecule has 1 amide bonds. The molecule has 0 spiro atoms.